The molecule has 0 unspecified atom stereocenters. The van der Waals surface area contributed by atoms with Crippen molar-refractivity contribution >= 4 is 11.4 Å². The molecule has 1 fully saturated rings. The molecule has 0 spiro atoms. The van der Waals surface area contributed by atoms with Crippen molar-refractivity contribution in [2.24, 2.45) is 10.7 Å². The summed E-state index contributed by atoms with van der Waals surface area (Å²) < 4.78 is 10.8. The van der Waals surface area contributed by atoms with Crippen molar-refractivity contribution in [3.63, 3.8) is 0 Å². The number of aliphatic imine (C=N–C) groups is 1. The molecule has 33 heavy (non-hydrogen) atoms. The molecule has 0 radical (unpaired) electrons. The second kappa shape index (κ2) is 11.9. The Bertz CT molecular complexity index is 990. The van der Waals surface area contributed by atoms with E-state index in [2.05, 4.69) is 65.5 Å². The molecule has 1 heterocycles. The number of hydrogen-bond donors (Lipinski definition) is 2. The van der Waals surface area contributed by atoms with Crippen LogP contribution in [0.1, 0.15) is 30.5 Å². The first-order valence-electron chi connectivity index (χ1n) is 11.7. The summed E-state index contributed by atoms with van der Waals surface area (Å²) in [6.45, 7) is 11.7. The molecule has 3 rings (SSSR count). The summed E-state index contributed by atoms with van der Waals surface area (Å²) in [5.41, 5.74) is 15.3. The number of benzene rings is 2. The van der Waals surface area contributed by atoms with Crippen molar-refractivity contribution in [3.05, 3.63) is 64.5 Å². The van der Waals surface area contributed by atoms with E-state index in [0.29, 0.717) is 12.3 Å². The quantitative estimate of drug-likeness (QED) is 0.438. The Morgan fingerprint density at radius 1 is 1.15 bits per heavy atom. The van der Waals surface area contributed by atoms with Gasteiger partial charge in [-0.25, -0.2) is 0 Å². The first kappa shape index (κ1) is 24.8. The van der Waals surface area contributed by atoms with Crippen LogP contribution in [0.15, 0.2) is 52.8 Å². The minimum Gasteiger partial charge on any atom is -0.482 e. The standard InChI is InChI=1S/C27H38N4O2/c1-6-30-26-17-24(15-23(19(26)2)16-25(20(3)29-4)27(28)32-5)22-9-7-21(8-10-22)18-31-11-13-33-14-12-31/h7-10,15,17,30H,6,11-14,16,18,28H2,1-5H3. The fourth-order valence-electron chi connectivity index (χ4n) is 4.16. The minimum absolute atomic E-state index is 0.417. The Morgan fingerprint density at radius 3 is 2.45 bits per heavy atom. The molecule has 0 saturated carbocycles. The van der Waals surface area contributed by atoms with Crippen LogP contribution in [0.5, 0.6) is 0 Å². The Labute approximate surface area is 198 Å². The third-order valence-corrected chi connectivity index (χ3v) is 6.34. The zero-order chi connectivity index (χ0) is 23.8. The molecule has 2 aromatic rings. The van der Waals surface area contributed by atoms with Gasteiger partial charge in [-0.3, -0.25) is 9.89 Å². The number of ether oxygens (including phenoxy) is 2. The second-order valence-electron chi connectivity index (χ2n) is 8.46. The molecule has 0 aromatic heterocycles. The summed E-state index contributed by atoms with van der Waals surface area (Å²) in [6.07, 6.45) is 0.663. The average Bonchev–Trinajstić information content (AvgIpc) is 2.84. The summed E-state index contributed by atoms with van der Waals surface area (Å²) in [5, 5.41) is 3.52. The molecule has 0 amide bonds. The van der Waals surface area contributed by atoms with E-state index < -0.39 is 0 Å². The minimum atomic E-state index is 0.417. The first-order chi connectivity index (χ1) is 16.0. The number of methoxy groups -OCH3 is 1. The lowest BCUT2D eigenvalue weighted by Gasteiger charge is -2.26. The molecule has 2 aromatic carbocycles. The van der Waals surface area contributed by atoms with Crippen LogP contribution >= 0.6 is 0 Å². The first-order valence-corrected chi connectivity index (χ1v) is 11.7. The number of rotatable bonds is 9. The predicted octanol–water partition coefficient (Wildman–Crippen LogP) is 4.38. The maximum Gasteiger partial charge on any atom is 0.189 e. The van der Waals surface area contributed by atoms with Crippen LogP contribution in [-0.2, 0) is 22.4 Å². The van der Waals surface area contributed by atoms with Crippen molar-refractivity contribution in [1.82, 2.24) is 4.90 Å². The van der Waals surface area contributed by atoms with Gasteiger partial charge >= 0.3 is 0 Å². The molecule has 0 bridgehead atoms. The van der Waals surface area contributed by atoms with Crippen molar-refractivity contribution in [3.8, 4) is 11.1 Å². The van der Waals surface area contributed by atoms with E-state index >= 15 is 0 Å². The van der Waals surface area contributed by atoms with Crippen molar-refractivity contribution in [2.75, 3.05) is 52.3 Å². The van der Waals surface area contributed by atoms with Crippen molar-refractivity contribution in [1.29, 1.82) is 0 Å². The molecule has 1 aliphatic rings. The van der Waals surface area contributed by atoms with Gasteiger partial charge in [0.15, 0.2) is 5.88 Å². The molecule has 178 valence electrons. The van der Waals surface area contributed by atoms with Gasteiger partial charge in [-0.2, -0.15) is 0 Å². The van der Waals surface area contributed by atoms with Crippen LogP contribution in [-0.4, -0.2) is 57.6 Å². The van der Waals surface area contributed by atoms with Gasteiger partial charge in [-0.15, -0.1) is 0 Å². The van der Waals surface area contributed by atoms with Crippen LogP contribution in [0.4, 0.5) is 5.69 Å². The van der Waals surface area contributed by atoms with Gasteiger partial charge in [-0.1, -0.05) is 30.3 Å². The van der Waals surface area contributed by atoms with Crippen LogP contribution in [0, 0.1) is 6.92 Å². The van der Waals surface area contributed by atoms with E-state index in [4.69, 9.17) is 15.2 Å². The molecular weight excluding hydrogens is 412 g/mol. The van der Waals surface area contributed by atoms with Crippen LogP contribution in [0.3, 0.4) is 0 Å². The normalized spacial score (nSPS) is 15.8. The van der Waals surface area contributed by atoms with Gasteiger partial charge in [0.05, 0.1) is 20.3 Å². The van der Waals surface area contributed by atoms with E-state index in [0.717, 1.165) is 56.4 Å². The molecule has 3 N–H and O–H groups in total. The molecule has 6 nitrogen and oxygen atoms in total. The Kier molecular flexibility index (Phi) is 8.92. The number of nitrogens with zero attached hydrogens (tertiary/aromatic N) is 2. The highest BCUT2D eigenvalue weighted by molar-refractivity contribution is 5.99. The van der Waals surface area contributed by atoms with Gasteiger partial charge in [-0.05, 0) is 54.7 Å². The zero-order valence-electron chi connectivity index (χ0n) is 20.7. The number of nitrogens with two attached hydrogens (primary N) is 1. The third kappa shape index (κ3) is 6.36. The van der Waals surface area contributed by atoms with Gasteiger partial charge in [0.25, 0.3) is 0 Å². The summed E-state index contributed by atoms with van der Waals surface area (Å²) >= 11 is 0. The largest absolute Gasteiger partial charge is 0.482 e. The number of anilines is 1. The highest BCUT2D eigenvalue weighted by Crippen LogP contribution is 2.31. The zero-order valence-corrected chi connectivity index (χ0v) is 20.7. The van der Waals surface area contributed by atoms with Gasteiger partial charge in [0.2, 0.25) is 0 Å². The smallest absolute Gasteiger partial charge is 0.189 e. The summed E-state index contributed by atoms with van der Waals surface area (Å²) in [6, 6.07) is 13.4. The summed E-state index contributed by atoms with van der Waals surface area (Å²) in [5.74, 6) is 0.417. The number of nitrogens with one attached hydrogen (secondary N) is 1. The van der Waals surface area contributed by atoms with Crippen LogP contribution in [0.25, 0.3) is 11.1 Å². The van der Waals surface area contributed by atoms with Gasteiger partial charge in [0, 0.05) is 56.6 Å². The highest BCUT2D eigenvalue weighted by atomic mass is 16.5. The van der Waals surface area contributed by atoms with E-state index in [9.17, 15) is 0 Å². The molecule has 1 saturated heterocycles. The van der Waals surface area contributed by atoms with E-state index in [-0.39, 0.29) is 0 Å². The van der Waals surface area contributed by atoms with E-state index in [1.165, 1.54) is 27.8 Å². The number of morpholine rings is 1. The fourth-order valence-corrected chi connectivity index (χ4v) is 4.16. The maximum absolute atomic E-state index is 6.18. The SMILES string of the molecule is CCNc1cc(-c2ccc(CN3CCOCC3)cc2)cc(CC(C(C)=NC)=C(N)OC)c1C. The summed E-state index contributed by atoms with van der Waals surface area (Å²) in [7, 11) is 3.38. The fraction of sp³-hybridized carbons (Fsp3) is 0.444. The average molecular weight is 451 g/mol. The maximum atomic E-state index is 6.18. The molecular formula is C27H38N4O2. The lowest BCUT2D eigenvalue weighted by molar-refractivity contribution is 0.0342. The molecule has 1 aliphatic heterocycles. The highest BCUT2D eigenvalue weighted by Gasteiger charge is 2.15. The second-order valence-corrected chi connectivity index (χ2v) is 8.46. The Hall–Kier alpha value is -2.83. The van der Waals surface area contributed by atoms with Crippen LogP contribution in [0.2, 0.25) is 0 Å². The third-order valence-electron chi connectivity index (χ3n) is 6.34. The molecule has 0 aliphatic carbocycles. The van der Waals surface area contributed by atoms with Gasteiger partial charge < -0.3 is 20.5 Å². The monoisotopic (exact) mass is 450 g/mol. The number of allylic oxidation sites excluding steroid dienone is 1. The van der Waals surface area contributed by atoms with E-state index in [1.807, 2.05) is 6.92 Å². The number of hydrogen-bond acceptors (Lipinski definition) is 6. The summed E-state index contributed by atoms with van der Waals surface area (Å²) in [4.78, 5) is 6.79. The topological polar surface area (TPSA) is 72.1 Å². The van der Waals surface area contributed by atoms with Crippen molar-refractivity contribution < 1.29 is 9.47 Å². The lowest BCUT2D eigenvalue weighted by atomic mass is 9.92. The van der Waals surface area contributed by atoms with E-state index in [1.54, 1.807) is 14.2 Å². The van der Waals surface area contributed by atoms with Gasteiger partial charge in [0.1, 0.15) is 0 Å². The predicted molar refractivity (Wildman–Crippen MR) is 138 cm³/mol. The molecule has 0 atom stereocenters. The Balaban J connectivity index is 1.92. The van der Waals surface area contributed by atoms with Crippen molar-refractivity contribution in [2.45, 2.75) is 33.7 Å². The van der Waals surface area contributed by atoms with Crippen LogP contribution < -0.4 is 11.1 Å². The Morgan fingerprint density at radius 2 is 1.85 bits per heavy atom. The lowest BCUT2D eigenvalue weighted by Crippen LogP contribution is -2.35. The molecule has 6 heteroatoms.